The Morgan fingerprint density at radius 1 is 0.522 bits per heavy atom. The van der Waals surface area contributed by atoms with Gasteiger partial charge in [-0.3, -0.25) is 4.79 Å². The lowest BCUT2D eigenvalue weighted by Crippen LogP contribution is -2.65. The summed E-state index contributed by atoms with van der Waals surface area (Å²) in [5.74, 6) is -0.242. The zero-order chi connectivity index (χ0) is 48.9. The molecule has 0 aromatic heterocycles. The number of unbranched alkanes of at least 4 members (excludes halogenated alkanes) is 27. The molecule has 0 saturated carbocycles. The Morgan fingerprint density at radius 2 is 0.940 bits per heavy atom. The van der Waals surface area contributed by atoms with E-state index in [4.69, 9.17) is 18.9 Å². The first-order valence-electron chi connectivity index (χ1n) is 27.1. The molecule has 67 heavy (non-hydrogen) atoms. The van der Waals surface area contributed by atoms with Crippen LogP contribution in [-0.4, -0.2) is 140 Å². The van der Waals surface area contributed by atoms with Gasteiger partial charge in [0.15, 0.2) is 12.6 Å². The minimum atomic E-state index is -1.78. The Labute approximate surface area is 405 Å². The van der Waals surface area contributed by atoms with E-state index in [1.807, 2.05) is 6.08 Å². The maximum absolute atomic E-state index is 13.1. The third-order valence-corrected chi connectivity index (χ3v) is 13.4. The van der Waals surface area contributed by atoms with E-state index in [9.17, 15) is 45.6 Å². The number of ether oxygens (including phenoxy) is 4. The average Bonchev–Trinajstić information content (AvgIpc) is 3.32. The number of carbonyl (C=O) groups excluding carboxylic acids is 1. The van der Waals surface area contributed by atoms with Crippen LogP contribution in [0.3, 0.4) is 0 Å². The van der Waals surface area contributed by atoms with Crippen LogP contribution in [0, 0.1) is 0 Å². The molecule has 0 bridgehead atoms. The number of allylic oxidation sites excluding steroid dienone is 3. The summed E-state index contributed by atoms with van der Waals surface area (Å²) in [6.07, 6.45) is 28.2. The van der Waals surface area contributed by atoms with Crippen LogP contribution in [0.25, 0.3) is 0 Å². The maximum Gasteiger partial charge on any atom is 0.220 e. The van der Waals surface area contributed by atoms with Gasteiger partial charge in [-0.15, -0.1) is 0 Å². The lowest BCUT2D eigenvalue weighted by Gasteiger charge is -2.46. The smallest absolute Gasteiger partial charge is 0.220 e. The summed E-state index contributed by atoms with van der Waals surface area (Å²) < 4.78 is 22.6. The van der Waals surface area contributed by atoms with Gasteiger partial charge in [0.05, 0.1) is 32.0 Å². The molecule has 1 amide bonds. The molecule has 14 heteroatoms. The van der Waals surface area contributed by atoms with Crippen molar-refractivity contribution in [1.29, 1.82) is 0 Å². The van der Waals surface area contributed by atoms with Crippen LogP contribution >= 0.6 is 0 Å². The fraction of sp³-hybridized carbons (Fsp3) is 0.906. The summed E-state index contributed by atoms with van der Waals surface area (Å²) >= 11 is 0. The van der Waals surface area contributed by atoms with Crippen molar-refractivity contribution in [1.82, 2.24) is 5.32 Å². The predicted octanol–water partition coefficient (Wildman–Crippen LogP) is 7.72. The molecular weight excluding hydrogens is 859 g/mol. The average molecular weight is 958 g/mol. The molecule has 0 radical (unpaired) electrons. The van der Waals surface area contributed by atoms with Crippen LogP contribution in [0.15, 0.2) is 24.3 Å². The third-order valence-electron chi connectivity index (χ3n) is 13.4. The molecule has 0 spiro atoms. The molecule has 0 aliphatic carbocycles. The Morgan fingerprint density at radius 3 is 1.42 bits per heavy atom. The summed E-state index contributed by atoms with van der Waals surface area (Å²) in [7, 11) is 0. The van der Waals surface area contributed by atoms with Crippen molar-refractivity contribution in [3.05, 3.63) is 24.3 Å². The zero-order valence-corrected chi connectivity index (χ0v) is 41.9. The Bertz CT molecular complexity index is 1220. The van der Waals surface area contributed by atoms with Crippen molar-refractivity contribution in [2.75, 3.05) is 19.8 Å². The molecule has 0 aromatic carbocycles. The van der Waals surface area contributed by atoms with Gasteiger partial charge in [0.2, 0.25) is 5.91 Å². The molecule has 394 valence electrons. The highest BCUT2D eigenvalue weighted by atomic mass is 16.7. The quantitative estimate of drug-likeness (QED) is 0.0211. The van der Waals surface area contributed by atoms with Gasteiger partial charge in [-0.25, -0.2) is 0 Å². The van der Waals surface area contributed by atoms with Crippen molar-refractivity contribution >= 4 is 5.91 Å². The summed E-state index contributed by atoms with van der Waals surface area (Å²) in [5.41, 5.74) is 0. The van der Waals surface area contributed by atoms with Gasteiger partial charge in [0.25, 0.3) is 0 Å². The van der Waals surface area contributed by atoms with Gasteiger partial charge in [0, 0.05) is 6.42 Å². The van der Waals surface area contributed by atoms with E-state index in [-0.39, 0.29) is 18.9 Å². The topological polar surface area (TPSA) is 228 Å². The van der Waals surface area contributed by atoms with Crippen LogP contribution in [0.2, 0.25) is 0 Å². The lowest BCUT2D eigenvalue weighted by molar-refractivity contribution is -0.359. The van der Waals surface area contributed by atoms with Crippen LogP contribution in [-0.2, 0) is 23.7 Å². The number of hydrogen-bond acceptors (Lipinski definition) is 13. The Hall–Kier alpha value is -1.53. The molecule has 12 unspecified atom stereocenters. The molecule has 14 nitrogen and oxygen atoms in total. The zero-order valence-electron chi connectivity index (χ0n) is 41.9. The Kier molecular flexibility index (Phi) is 36.9. The van der Waals surface area contributed by atoms with Crippen molar-refractivity contribution in [2.45, 2.75) is 286 Å². The van der Waals surface area contributed by atoms with E-state index < -0.39 is 86.8 Å². The number of nitrogens with one attached hydrogen (secondary N) is 1. The number of hydrogen-bond donors (Lipinski definition) is 9. The molecule has 2 fully saturated rings. The number of rotatable bonds is 42. The second-order valence-electron chi connectivity index (χ2n) is 19.4. The molecule has 2 aliphatic rings. The van der Waals surface area contributed by atoms with Crippen LogP contribution < -0.4 is 5.32 Å². The third kappa shape index (κ3) is 27.0. The van der Waals surface area contributed by atoms with Crippen molar-refractivity contribution in [3.63, 3.8) is 0 Å². The fourth-order valence-corrected chi connectivity index (χ4v) is 8.93. The van der Waals surface area contributed by atoms with E-state index in [0.29, 0.717) is 6.42 Å². The standard InChI is InChI=1S/C53H99NO13/c1-3-5-7-9-11-13-14-15-16-17-18-19-20-21-22-23-24-25-26-27-28-29-31-33-35-37-45(58)54-41(42(57)36-34-32-30-12-10-8-6-4-2)40-64-52-50(63)48(61)51(44(39-56)66-52)67-53-49(62)47(60)46(59)43(38-55)65-53/h17-18,34,36,41-44,46-53,55-57,59-63H,3-16,19-33,35,37-40H2,1-2H3,(H,54,58)/b18-17-,36-34+. The van der Waals surface area contributed by atoms with Crippen LogP contribution in [0.5, 0.6) is 0 Å². The molecule has 0 aromatic rings. The molecule has 9 N–H and O–H groups in total. The van der Waals surface area contributed by atoms with Crippen molar-refractivity contribution in [2.24, 2.45) is 0 Å². The van der Waals surface area contributed by atoms with Gasteiger partial charge >= 0.3 is 0 Å². The first kappa shape index (κ1) is 61.6. The number of aliphatic hydroxyl groups is 8. The Balaban J connectivity index is 1.69. The summed E-state index contributed by atoms with van der Waals surface area (Å²) in [4.78, 5) is 13.1. The van der Waals surface area contributed by atoms with E-state index in [2.05, 4.69) is 31.3 Å². The summed E-state index contributed by atoms with van der Waals surface area (Å²) in [5, 5.41) is 86.5. The van der Waals surface area contributed by atoms with E-state index in [1.54, 1.807) is 6.08 Å². The second kappa shape index (κ2) is 40.1. The predicted molar refractivity (Wildman–Crippen MR) is 263 cm³/mol. The largest absolute Gasteiger partial charge is 0.394 e. The minimum absolute atomic E-state index is 0.242. The van der Waals surface area contributed by atoms with E-state index in [1.165, 1.54) is 141 Å². The van der Waals surface area contributed by atoms with E-state index >= 15 is 0 Å². The highest BCUT2D eigenvalue weighted by molar-refractivity contribution is 5.76. The number of carbonyl (C=O) groups is 1. The first-order valence-corrected chi connectivity index (χ1v) is 27.1. The van der Waals surface area contributed by atoms with Crippen LogP contribution in [0.1, 0.15) is 213 Å². The van der Waals surface area contributed by atoms with Gasteiger partial charge in [-0.05, 0) is 44.9 Å². The molecule has 2 heterocycles. The molecule has 2 saturated heterocycles. The molecule has 2 aliphatic heterocycles. The minimum Gasteiger partial charge on any atom is -0.394 e. The normalized spacial score (nSPS) is 26.7. The summed E-state index contributed by atoms with van der Waals surface area (Å²) in [6.45, 7) is 2.74. The first-order chi connectivity index (χ1) is 32.6. The number of amides is 1. The van der Waals surface area contributed by atoms with Gasteiger partial charge in [-0.1, -0.05) is 186 Å². The van der Waals surface area contributed by atoms with Crippen molar-refractivity contribution in [3.8, 4) is 0 Å². The van der Waals surface area contributed by atoms with Gasteiger partial charge in [-0.2, -0.15) is 0 Å². The molecule has 12 atom stereocenters. The van der Waals surface area contributed by atoms with Gasteiger partial charge < -0.3 is 65.1 Å². The molecular formula is C53H99NO13. The van der Waals surface area contributed by atoms with Gasteiger partial charge in [0.1, 0.15) is 48.8 Å². The molecule has 2 rings (SSSR count). The lowest BCUT2D eigenvalue weighted by atomic mass is 9.97. The second-order valence-corrected chi connectivity index (χ2v) is 19.4. The van der Waals surface area contributed by atoms with Crippen molar-refractivity contribution < 1.29 is 64.6 Å². The summed E-state index contributed by atoms with van der Waals surface area (Å²) in [6, 6.07) is -0.909. The number of aliphatic hydroxyl groups excluding tert-OH is 8. The van der Waals surface area contributed by atoms with Crippen LogP contribution in [0.4, 0.5) is 0 Å². The highest BCUT2D eigenvalue weighted by Gasteiger charge is 2.51. The fourth-order valence-electron chi connectivity index (χ4n) is 8.93. The maximum atomic E-state index is 13.1. The van der Waals surface area contributed by atoms with E-state index in [0.717, 1.165) is 44.9 Å². The monoisotopic (exact) mass is 958 g/mol. The highest BCUT2D eigenvalue weighted by Crippen LogP contribution is 2.30. The SMILES string of the molecule is CCCCCCCC/C=C/C(O)C(COC1OC(CO)C(OC2OC(CO)C(O)C(O)C2O)C(O)C1O)NC(=O)CCCCCCCCCCCCCCC/C=C\CCCCCCCCCC.